The van der Waals surface area contributed by atoms with Crippen molar-refractivity contribution in [2.45, 2.75) is 77.5 Å². The van der Waals surface area contributed by atoms with E-state index in [0.717, 1.165) is 24.8 Å². The van der Waals surface area contributed by atoms with Crippen molar-refractivity contribution >= 4 is 19.7 Å². The molecule has 2 aromatic carbocycles. The highest BCUT2D eigenvalue weighted by atomic mass is 31.2. The molecule has 1 amide bonds. The van der Waals surface area contributed by atoms with E-state index in [4.69, 9.17) is 18.5 Å². The maximum absolute atomic E-state index is 15.6. The van der Waals surface area contributed by atoms with E-state index in [2.05, 4.69) is 5.32 Å². The van der Waals surface area contributed by atoms with Crippen LogP contribution in [0.4, 0.5) is 13.6 Å². The number of halogens is 2. The number of rotatable bonds is 10. The van der Waals surface area contributed by atoms with E-state index < -0.39 is 48.1 Å². The Morgan fingerprint density at radius 2 is 1.39 bits per heavy atom. The third kappa shape index (κ3) is 9.19. The monoisotopic (exact) mass is 555 g/mol. The van der Waals surface area contributed by atoms with Gasteiger partial charge < -0.3 is 14.8 Å². The maximum atomic E-state index is 15.6. The summed E-state index contributed by atoms with van der Waals surface area (Å²) in [7, 11) is -3.82. The Balaban J connectivity index is 2.20. The molecule has 0 radical (unpaired) electrons. The molecule has 0 aliphatic rings. The normalized spacial score (nSPS) is 13.5. The van der Waals surface area contributed by atoms with Crippen LogP contribution in [0, 0.1) is 0 Å². The smallest absolute Gasteiger partial charge is 0.408 e. The quantitative estimate of drug-likeness (QED) is 0.261. The van der Waals surface area contributed by atoms with E-state index in [1.54, 1.807) is 24.3 Å². The lowest BCUT2D eigenvalue weighted by atomic mass is 10.0. The average Bonchev–Trinajstić information content (AvgIpc) is 2.80. The summed E-state index contributed by atoms with van der Waals surface area (Å²) in [4.78, 5) is 24.5. The van der Waals surface area contributed by atoms with Crippen LogP contribution in [0.2, 0.25) is 0 Å². The summed E-state index contributed by atoms with van der Waals surface area (Å²) in [6.45, 7) is 9.06. The molecule has 2 aromatic rings. The molecule has 1 N–H and O–H groups in total. The summed E-state index contributed by atoms with van der Waals surface area (Å²) >= 11 is 0. The van der Waals surface area contributed by atoms with Crippen molar-refractivity contribution in [1.29, 1.82) is 0 Å². The van der Waals surface area contributed by atoms with Crippen LogP contribution >= 0.6 is 7.60 Å². The number of nitrogens with one attached hydrogen (secondary N) is 1. The van der Waals surface area contributed by atoms with Gasteiger partial charge in [-0.25, -0.2) is 9.59 Å². The molecule has 1 atom stereocenters. The van der Waals surface area contributed by atoms with Crippen LogP contribution in [0.25, 0.3) is 0 Å². The molecular weight excluding hydrogens is 519 g/mol. The summed E-state index contributed by atoms with van der Waals surface area (Å²) in [5.74, 6) is -0.738. The predicted octanol–water partition coefficient (Wildman–Crippen LogP) is 6.57. The van der Waals surface area contributed by atoms with Crippen molar-refractivity contribution in [2.24, 2.45) is 0 Å². The Morgan fingerprint density at radius 1 is 0.868 bits per heavy atom. The van der Waals surface area contributed by atoms with E-state index in [-0.39, 0.29) is 13.0 Å². The van der Waals surface area contributed by atoms with Crippen molar-refractivity contribution < 1.29 is 41.5 Å². The molecule has 38 heavy (non-hydrogen) atoms. The van der Waals surface area contributed by atoms with Crippen LogP contribution in [-0.2, 0) is 46.6 Å². The minimum atomic E-state index is -4.98. The molecule has 0 unspecified atom stereocenters. The summed E-state index contributed by atoms with van der Waals surface area (Å²) < 4.78 is 65.1. The van der Waals surface area contributed by atoms with Crippen molar-refractivity contribution in [3.8, 4) is 0 Å². The number of carbonyl (C=O) groups excluding carboxylic acids is 2. The second kappa shape index (κ2) is 12.4. The Hall–Kier alpha value is -2.81. The number of ether oxygens (including phenoxy) is 2. The van der Waals surface area contributed by atoms with Gasteiger partial charge in [0.2, 0.25) is 0 Å². The van der Waals surface area contributed by atoms with Gasteiger partial charge in [-0.2, -0.15) is 8.78 Å². The first-order valence-electron chi connectivity index (χ1n) is 12.0. The minimum absolute atomic E-state index is 0.00231. The number of hydrogen-bond donors (Lipinski definition) is 1. The number of methoxy groups -OCH3 is 1. The van der Waals surface area contributed by atoms with Gasteiger partial charge in [0.1, 0.15) is 12.6 Å². The van der Waals surface area contributed by atoms with Gasteiger partial charge in [-0.1, -0.05) is 54.6 Å². The highest BCUT2D eigenvalue weighted by Crippen LogP contribution is 2.69. The lowest BCUT2D eigenvalue weighted by Crippen LogP contribution is -2.43. The zero-order valence-corrected chi connectivity index (χ0v) is 23.6. The van der Waals surface area contributed by atoms with E-state index in [0.29, 0.717) is 5.56 Å². The van der Waals surface area contributed by atoms with Gasteiger partial charge in [-0.15, -0.1) is 0 Å². The largest absolute Gasteiger partial charge is 0.467 e. The topological polar surface area (TPSA) is 100 Å². The van der Waals surface area contributed by atoms with Crippen LogP contribution < -0.4 is 5.32 Å². The van der Waals surface area contributed by atoms with Gasteiger partial charge in [0, 0.05) is 12.0 Å². The molecule has 0 heterocycles. The van der Waals surface area contributed by atoms with Gasteiger partial charge in [0.05, 0.1) is 18.3 Å². The second-order valence-corrected chi connectivity index (χ2v) is 12.6. The first-order valence-corrected chi connectivity index (χ1v) is 13.5. The van der Waals surface area contributed by atoms with Gasteiger partial charge in [0.15, 0.2) is 0 Å². The molecule has 0 spiro atoms. The van der Waals surface area contributed by atoms with Gasteiger partial charge >= 0.3 is 25.3 Å². The first kappa shape index (κ1) is 31.4. The first-order chi connectivity index (χ1) is 17.5. The SMILES string of the molecule is COC(=O)[C@@H](Cc1ccc(C(F)(F)P(=O)(OC(C)(C)C)OC(C)(C)C)cc1)NC(=O)OCc1ccccc1. The van der Waals surface area contributed by atoms with Crippen molar-refractivity contribution in [3.63, 3.8) is 0 Å². The lowest BCUT2D eigenvalue weighted by molar-refractivity contribution is -0.143. The summed E-state index contributed by atoms with van der Waals surface area (Å²) in [6.07, 6.45) is -0.903. The van der Waals surface area contributed by atoms with Crippen molar-refractivity contribution in [2.75, 3.05) is 7.11 Å². The zero-order valence-electron chi connectivity index (χ0n) is 22.7. The lowest BCUT2D eigenvalue weighted by Gasteiger charge is -2.36. The summed E-state index contributed by atoms with van der Waals surface area (Å²) in [6, 6.07) is 12.7. The van der Waals surface area contributed by atoms with Gasteiger partial charge in [-0.05, 0) is 52.7 Å². The van der Waals surface area contributed by atoms with Gasteiger partial charge in [-0.3, -0.25) is 13.6 Å². The molecule has 0 saturated carbocycles. The molecule has 2 rings (SSSR count). The van der Waals surface area contributed by atoms with E-state index >= 15 is 8.78 Å². The Bertz CT molecular complexity index is 1110. The Morgan fingerprint density at radius 3 is 1.87 bits per heavy atom. The highest BCUT2D eigenvalue weighted by Gasteiger charge is 2.58. The minimum Gasteiger partial charge on any atom is -0.467 e. The number of alkyl halides is 2. The number of carbonyl (C=O) groups is 2. The van der Waals surface area contributed by atoms with Crippen molar-refractivity contribution in [3.05, 3.63) is 71.3 Å². The Kier molecular flexibility index (Phi) is 10.2. The molecule has 0 aliphatic heterocycles. The number of amides is 1. The fourth-order valence-corrected chi connectivity index (χ4v) is 5.51. The number of hydrogen-bond acceptors (Lipinski definition) is 7. The molecule has 0 bridgehead atoms. The molecule has 0 aromatic heterocycles. The fraction of sp³-hybridized carbons (Fsp3) is 0.481. The van der Waals surface area contributed by atoms with E-state index in [1.165, 1.54) is 53.7 Å². The molecule has 11 heteroatoms. The van der Waals surface area contributed by atoms with Crippen LogP contribution in [-0.4, -0.2) is 36.4 Å². The average molecular weight is 556 g/mol. The van der Waals surface area contributed by atoms with Gasteiger partial charge in [0.25, 0.3) is 0 Å². The van der Waals surface area contributed by atoms with E-state index in [9.17, 15) is 14.2 Å². The fourth-order valence-electron chi connectivity index (χ4n) is 3.33. The zero-order chi connectivity index (χ0) is 28.8. The number of benzene rings is 2. The predicted molar refractivity (Wildman–Crippen MR) is 139 cm³/mol. The molecule has 0 fully saturated rings. The molecule has 8 nitrogen and oxygen atoms in total. The van der Waals surface area contributed by atoms with Crippen LogP contribution in [0.3, 0.4) is 0 Å². The number of alkyl carbamates (subject to hydrolysis) is 1. The van der Waals surface area contributed by atoms with E-state index in [1.807, 2.05) is 6.07 Å². The second-order valence-electron chi connectivity index (χ2n) is 10.6. The maximum Gasteiger partial charge on any atom is 0.408 e. The summed E-state index contributed by atoms with van der Waals surface area (Å²) in [5, 5.41) is 2.44. The van der Waals surface area contributed by atoms with Crippen LogP contribution in [0.5, 0.6) is 0 Å². The molecular formula is C27H36F2NO7P. The number of esters is 1. The van der Waals surface area contributed by atoms with Crippen molar-refractivity contribution in [1.82, 2.24) is 5.32 Å². The Labute approximate surface area is 222 Å². The van der Waals surface area contributed by atoms with Crippen LogP contribution in [0.1, 0.15) is 58.2 Å². The molecule has 0 aliphatic carbocycles. The standard InChI is InChI=1S/C27H36F2NO7P/c1-25(2,3)36-38(33,37-26(4,5)6)27(28,29)21-15-13-19(14-16-21)17-22(23(31)34-7)30-24(32)35-18-20-11-9-8-10-12-20/h8-16,22H,17-18H2,1-7H3,(H,30,32)/t22-/m1/s1. The van der Waals surface area contributed by atoms with Crippen LogP contribution in [0.15, 0.2) is 54.6 Å². The highest BCUT2D eigenvalue weighted by molar-refractivity contribution is 7.54. The third-order valence-electron chi connectivity index (χ3n) is 4.86. The molecule has 210 valence electrons. The molecule has 0 saturated heterocycles. The summed E-state index contributed by atoms with van der Waals surface area (Å²) in [5.41, 5.74) is -5.68. The third-order valence-corrected chi connectivity index (χ3v) is 7.39.